The molecule has 0 aromatic heterocycles. The Morgan fingerprint density at radius 1 is 0.870 bits per heavy atom. The highest BCUT2D eigenvalue weighted by Crippen LogP contribution is 2.20. The summed E-state index contributed by atoms with van der Waals surface area (Å²) < 4.78 is 0. The quantitative estimate of drug-likeness (QED) is 0.901. The van der Waals surface area contributed by atoms with Crippen LogP contribution in [0.3, 0.4) is 0 Å². The van der Waals surface area contributed by atoms with E-state index in [1.165, 1.54) is 0 Å². The third kappa shape index (κ3) is 5.25. The maximum Gasteiger partial charge on any atom is 0.229 e. The first-order chi connectivity index (χ1) is 10.8. The van der Waals surface area contributed by atoms with Gasteiger partial charge >= 0.3 is 0 Å². The molecule has 0 saturated carbocycles. The zero-order valence-corrected chi connectivity index (χ0v) is 13.7. The second-order valence-electron chi connectivity index (χ2n) is 6.50. The third-order valence-electron chi connectivity index (χ3n) is 3.29. The van der Waals surface area contributed by atoms with Crippen molar-refractivity contribution in [2.75, 3.05) is 10.6 Å². The van der Waals surface area contributed by atoms with Crippen LogP contribution in [0, 0.1) is 5.41 Å². The summed E-state index contributed by atoms with van der Waals surface area (Å²) in [4.78, 5) is 24.1. The van der Waals surface area contributed by atoms with Gasteiger partial charge in [0, 0.05) is 16.8 Å². The molecule has 2 aromatic carbocycles. The molecule has 0 aliphatic carbocycles. The average molecular weight is 310 g/mol. The van der Waals surface area contributed by atoms with Crippen molar-refractivity contribution in [2.45, 2.75) is 27.2 Å². The van der Waals surface area contributed by atoms with Gasteiger partial charge in [0.25, 0.3) is 0 Å². The minimum absolute atomic E-state index is 0.0646. The molecule has 0 spiro atoms. The van der Waals surface area contributed by atoms with Crippen LogP contribution in [0.15, 0.2) is 54.6 Å². The lowest BCUT2D eigenvalue weighted by molar-refractivity contribution is -0.123. The summed E-state index contributed by atoms with van der Waals surface area (Å²) in [5.41, 5.74) is 1.83. The summed E-state index contributed by atoms with van der Waals surface area (Å²) in [7, 11) is 0. The van der Waals surface area contributed by atoms with Gasteiger partial charge in [-0.25, -0.2) is 0 Å². The van der Waals surface area contributed by atoms with Crippen LogP contribution in [0.5, 0.6) is 0 Å². The number of rotatable bonds is 4. The lowest BCUT2D eigenvalue weighted by Crippen LogP contribution is -2.27. The number of benzene rings is 2. The maximum atomic E-state index is 12.1. The van der Waals surface area contributed by atoms with E-state index in [4.69, 9.17) is 0 Å². The number of carbonyl (C=O) groups excluding carboxylic acids is 2. The van der Waals surface area contributed by atoms with Crippen LogP contribution in [-0.2, 0) is 16.0 Å². The van der Waals surface area contributed by atoms with Crippen molar-refractivity contribution in [3.63, 3.8) is 0 Å². The molecule has 0 radical (unpaired) electrons. The smallest absolute Gasteiger partial charge is 0.229 e. The molecule has 0 unspecified atom stereocenters. The van der Waals surface area contributed by atoms with Crippen LogP contribution in [0.2, 0.25) is 0 Å². The molecule has 0 bridgehead atoms. The van der Waals surface area contributed by atoms with Crippen molar-refractivity contribution in [3.8, 4) is 0 Å². The highest BCUT2D eigenvalue weighted by molar-refractivity contribution is 5.96. The summed E-state index contributed by atoms with van der Waals surface area (Å²) in [5, 5.41) is 5.71. The van der Waals surface area contributed by atoms with E-state index in [0.717, 1.165) is 5.56 Å². The largest absolute Gasteiger partial charge is 0.326 e. The highest BCUT2D eigenvalue weighted by Gasteiger charge is 2.21. The maximum absolute atomic E-state index is 12.1. The zero-order chi connectivity index (χ0) is 16.9. The second kappa shape index (κ2) is 7.09. The second-order valence-corrected chi connectivity index (χ2v) is 6.50. The number of hydrogen-bond acceptors (Lipinski definition) is 2. The summed E-state index contributed by atoms with van der Waals surface area (Å²) in [6.45, 7) is 5.56. The van der Waals surface area contributed by atoms with Gasteiger partial charge < -0.3 is 10.6 Å². The molecule has 2 aromatic rings. The van der Waals surface area contributed by atoms with Gasteiger partial charge in [0.2, 0.25) is 11.8 Å². The Balaban J connectivity index is 2.00. The van der Waals surface area contributed by atoms with E-state index < -0.39 is 5.41 Å². The van der Waals surface area contributed by atoms with Crippen LogP contribution in [0.1, 0.15) is 26.3 Å². The van der Waals surface area contributed by atoms with E-state index in [2.05, 4.69) is 10.6 Å². The van der Waals surface area contributed by atoms with Crippen molar-refractivity contribution in [2.24, 2.45) is 5.41 Å². The molecular formula is C19H22N2O2. The molecule has 2 rings (SSSR count). The highest BCUT2D eigenvalue weighted by atomic mass is 16.2. The lowest BCUT2D eigenvalue weighted by Gasteiger charge is -2.18. The monoisotopic (exact) mass is 310 g/mol. The molecule has 0 aliphatic rings. The molecule has 0 aliphatic heterocycles. The van der Waals surface area contributed by atoms with E-state index in [9.17, 15) is 9.59 Å². The minimum atomic E-state index is -0.466. The van der Waals surface area contributed by atoms with Crippen LogP contribution in [-0.4, -0.2) is 11.8 Å². The molecule has 2 amide bonds. The van der Waals surface area contributed by atoms with Gasteiger partial charge in [0.05, 0.1) is 6.42 Å². The zero-order valence-electron chi connectivity index (χ0n) is 13.7. The Morgan fingerprint density at radius 3 is 2.09 bits per heavy atom. The van der Waals surface area contributed by atoms with Crippen LogP contribution >= 0.6 is 0 Å². The number of carbonyl (C=O) groups is 2. The Hall–Kier alpha value is -2.62. The van der Waals surface area contributed by atoms with Crippen molar-refractivity contribution < 1.29 is 9.59 Å². The Bertz CT molecular complexity index is 688. The summed E-state index contributed by atoms with van der Waals surface area (Å²) in [6.07, 6.45) is 0.319. The van der Waals surface area contributed by atoms with Crippen LogP contribution < -0.4 is 10.6 Å². The first-order valence-electron chi connectivity index (χ1n) is 7.60. The molecule has 23 heavy (non-hydrogen) atoms. The van der Waals surface area contributed by atoms with E-state index >= 15 is 0 Å². The minimum Gasteiger partial charge on any atom is -0.326 e. The van der Waals surface area contributed by atoms with Gasteiger partial charge in [0.1, 0.15) is 0 Å². The molecule has 4 nitrogen and oxygen atoms in total. The Morgan fingerprint density at radius 2 is 1.48 bits per heavy atom. The van der Waals surface area contributed by atoms with Gasteiger partial charge in [-0.05, 0) is 23.8 Å². The van der Waals surface area contributed by atoms with E-state index in [-0.39, 0.29) is 11.8 Å². The molecule has 0 saturated heterocycles. The number of nitrogens with one attached hydrogen (secondary N) is 2. The molecule has 0 fully saturated rings. The van der Waals surface area contributed by atoms with Gasteiger partial charge in [-0.1, -0.05) is 57.2 Å². The van der Waals surface area contributed by atoms with Crippen LogP contribution in [0.4, 0.5) is 11.4 Å². The van der Waals surface area contributed by atoms with Crippen molar-refractivity contribution in [3.05, 3.63) is 60.2 Å². The average Bonchev–Trinajstić information content (AvgIpc) is 2.47. The fourth-order valence-corrected chi connectivity index (χ4v) is 1.98. The van der Waals surface area contributed by atoms with E-state index in [0.29, 0.717) is 17.8 Å². The predicted octanol–water partition coefficient (Wildman–Crippen LogP) is 3.85. The lowest BCUT2D eigenvalue weighted by atomic mass is 9.95. The van der Waals surface area contributed by atoms with E-state index in [1.54, 1.807) is 24.3 Å². The standard InChI is InChI=1S/C19H22N2O2/c1-19(2,3)18(23)21-16-11-7-10-15(13-16)20-17(22)12-14-8-5-4-6-9-14/h4-11,13H,12H2,1-3H3,(H,20,22)(H,21,23). The summed E-state index contributed by atoms with van der Waals surface area (Å²) in [5.74, 6) is -0.152. The Labute approximate surface area is 136 Å². The van der Waals surface area contributed by atoms with Crippen molar-refractivity contribution in [1.29, 1.82) is 0 Å². The molecule has 0 atom stereocenters. The molecule has 120 valence electrons. The van der Waals surface area contributed by atoms with Crippen molar-refractivity contribution >= 4 is 23.2 Å². The first kappa shape index (κ1) is 16.7. The third-order valence-corrected chi connectivity index (χ3v) is 3.29. The first-order valence-corrected chi connectivity index (χ1v) is 7.60. The topological polar surface area (TPSA) is 58.2 Å². The van der Waals surface area contributed by atoms with Gasteiger partial charge in [0.15, 0.2) is 0 Å². The number of anilines is 2. The van der Waals surface area contributed by atoms with Gasteiger partial charge in [-0.2, -0.15) is 0 Å². The molecular weight excluding hydrogens is 288 g/mol. The van der Waals surface area contributed by atoms with Crippen LogP contribution in [0.25, 0.3) is 0 Å². The van der Waals surface area contributed by atoms with Gasteiger partial charge in [-0.3, -0.25) is 9.59 Å². The fraction of sp³-hybridized carbons (Fsp3) is 0.263. The van der Waals surface area contributed by atoms with E-state index in [1.807, 2.05) is 51.1 Å². The summed E-state index contributed by atoms with van der Waals surface area (Å²) in [6, 6.07) is 16.7. The Kier molecular flexibility index (Phi) is 5.16. The molecule has 4 heteroatoms. The number of amides is 2. The summed E-state index contributed by atoms with van der Waals surface area (Å²) >= 11 is 0. The van der Waals surface area contributed by atoms with Crippen molar-refractivity contribution in [1.82, 2.24) is 0 Å². The number of hydrogen-bond donors (Lipinski definition) is 2. The molecule has 2 N–H and O–H groups in total. The van der Waals surface area contributed by atoms with Gasteiger partial charge in [-0.15, -0.1) is 0 Å². The predicted molar refractivity (Wildman–Crippen MR) is 93.3 cm³/mol. The fourth-order valence-electron chi connectivity index (χ4n) is 1.98. The normalized spacial score (nSPS) is 10.9. The molecule has 0 heterocycles. The SMILES string of the molecule is CC(C)(C)C(=O)Nc1cccc(NC(=O)Cc2ccccc2)c1.